The first-order valence-corrected chi connectivity index (χ1v) is 9.50. The monoisotopic (exact) mass is 360 g/mol. The van der Waals surface area contributed by atoms with Crippen molar-refractivity contribution >= 4 is 17.7 Å². The van der Waals surface area contributed by atoms with Gasteiger partial charge in [-0.15, -0.1) is 5.10 Å². The highest BCUT2D eigenvalue weighted by atomic mass is 32.2. The topological polar surface area (TPSA) is 60.3 Å². The van der Waals surface area contributed by atoms with Crippen LogP contribution in [0.15, 0.2) is 35.5 Å². The van der Waals surface area contributed by atoms with Crippen LogP contribution < -0.4 is 0 Å². The molecular formula is C18H24N4O2S. The lowest BCUT2D eigenvalue weighted by Crippen LogP contribution is -2.44. The third-order valence-corrected chi connectivity index (χ3v) is 5.02. The predicted octanol–water partition coefficient (Wildman–Crippen LogP) is 2.73. The molecule has 0 spiro atoms. The molecule has 6 nitrogen and oxygen atoms in total. The number of para-hydroxylation sites is 1. The first kappa shape index (κ1) is 17.9. The van der Waals surface area contributed by atoms with E-state index in [4.69, 9.17) is 4.74 Å². The van der Waals surface area contributed by atoms with Gasteiger partial charge >= 0.3 is 0 Å². The molecule has 0 radical (unpaired) electrons. The predicted molar refractivity (Wildman–Crippen MR) is 98.2 cm³/mol. The summed E-state index contributed by atoms with van der Waals surface area (Å²) in [4.78, 5) is 19.1. The molecule has 0 aliphatic carbocycles. The zero-order valence-electron chi connectivity index (χ0n) is 14.9. The minimum atomic E-state index is -0.218. The molecule has 1 fully saturated rings. The summed E-state index contributed by atoms with van der Waals surface area (Å²) in [6.07, 6.45) is 0. The quantitative estimate of drug-likeness (QED) is 0.767. The summed E-state index contributed by atoms with van der Waals surface area (Å²) in [5, 5.41) is 5.06. The molecular weight excluding hydrogens is 336 g/mol. The van der Waals surface area contributed by atoms with Gasteiger partial charge in [-0.05, 0) is 19.1 Å². The molecule has 2 aromatic rings. The lowest BCUT2D eigenvalue weighted by atomic mass is 10.2. The zero-order chi connectivity index (χ0) is 17.8. The summed E-state index contributed by atoms with van der Waals surface area (Å²) >= 11 is 1.42. The SMILES string of the molecule is CC(C)c1nc(S[C@@H](C)C(=O)N2CCOCC2)nn1-c1ccccc1. The lowest BCUT2D eigenvalue weighted by Gasteiger charge is -2.28. The molecule has 0 N–H and O–H groups in total. The highest BCUT2D eigenvalue weighted by molar-refractivity contribution is 8.00. The van der Waals surface area contributed by atoms with Crippen LogP contribution in [0.5, 0.6) is 0 Å². The Morgan fingerprint density at radius 1 is 1.16 bits per heavy atom. The molecule has 0 bridgehead atoms. The molecule has 1 atom stereocenters. The number of amides is 1. The standard InChI is InChI=1S/C18H24N4O2S/c1-13(2)16-19-18(20-22(16)15-7-5-4-6-8-15)25-14(3)17(23)21-9-11-24-12-10-21/h4-8,13-14H,9-12H2,1-3H3/t14-/m0/s1. The minimum Gasteiger partial charge on any atom is -0.378 e. The number of rotatable bonds is 5. The van der Waals surface area contributed by atoms with Gasteiger partial charge in [-0.25, -0.2) is 9.67 Å². The summed E-state index contributed by atoms with van der Waals surface area (Å²) < 4.78 is 7.19. The molecule has 1 aliphatic rings. The second kappa shape index (κ2) is 8.01. The fourth-order valence-corrected chi connectivity index (χ4v) is 3.58. The number of aromatic nitrogens is 3. The van der Waals surface area contributed by atoms with Crippen molar-refractivity contribution in [2.24, 2.45) is 0 Å². The van der Waals surface area contributed by atoms with Gasteiger partial charge in [0, 0.05) is 19.0 Å². The molecule has 25 heavy (non-hydrogen) atoms. The van der Waals surface area contributed by atoms with Gasteiger partial charge in [0.2, 0.25) is 11.1 Å². The molecule has 1 amide bonds. The second-order valence-corrected chi connectivity index (χ2v) is 7.66. The maximum Gasteiger partial charge on any atom is 0.236 e. The van der Waals surface area contributed by atoms with Gasteiger partial charge in [0.15, 0.2) is 0 Å². The van der Waals surface area contributed by atoms with Crippen molar-refractivity contribution in [1.29, 1.82) is 0 Å². The van der Waals surface area contributed by atoms with Crippen molar-refractivity contribution in [1.82, 2.24) is 19.7 Å². The van der Waals surface area contributed by atoms with Gasteiger partial charge in [0.25, 0.3) is 0 Å². The van der Waals surface area contributed by atoms with Gasteiger partial charge in [-0.2, -0.15) is 0 Å². The van der Waals surface area contributed by atoms with Crippen LogP contribution in [-0.2, 0) is 9.53 Å². The van der Waals surface area contributed by atoms with Crippen LogP contribution in [0.4, 0.5) is 0 Å². The molecule has 0 unspecified atom stereocenters. The molecule has 1 aromatic carbocycles. The van der Waals surface area contributed by atoms with Crippen LogP contribution in [0, 0.1) is 0 Å². The molecule has 1 aromatic heterocycles. The molecule has 3 rings (SSSR count). The first-order valence-electron chi connectivity index (χ1n) is 8.62. The number of carbonyl (C=O) groups excluding carboxylic acids is 1. The number of hydrogen-bond acceptors (Lipinski definition) is 5. The lowest BCUT2D eigenvalue weighted by molar-refractivity contribution is -0.134. The fraction of sp³-hybridized carbons (Fsp3) is 0.500. The van der Waals surface area contributed by atoms with Crippen LogP contribution in [0.25, 0.3) is 5.69 Å². The summed E-state index contributed by atoms with van der Waals surface area (Å²) in [7, 11) is 0. The highest BCUT2D eigenvalue weighted by Gasteiger charge is 2.25. The van der Waals surface area contributed by atoms with Gasteiger partial charge in [0.1, 0.15) is 5.82 Å². The number of carbonyl (C=O) groups is 1. The highest BCUT2D eigenvalue weighted by Crippen LogP contribution is 2.26. The number of benzene rings is 1. The largest absolute Gasteiger partial charge is 0.378 e. The van der Waals surface area contributed by atoms with Gasteiger partial charge in [0.05, 0.1) is 24.2 Å². The van der Waals surface area contributed by atoms with E-state index in [1.807, 2.05) is 46.8 Å². The summed E-state index contributed by atoms with van der Waals surface area (Å²) in [6.45, 7) is 8.66. The Labute approximate surface area is 152 Å². The van der Waals surface area contributed by atoms with E-state index >= 15 is 0 Å². The van der Waals surface area contributed by atoms with Crippen molar-refractivity contribution in [3.63, 3.8) is 0 Å². The van der Waals surface area contributed by atoms with Crippen LogP contribution in [0.1, 0.15) is 32.5 Å². The number of nitrogens with zero attached hydrogens (tertiary/aromatic N) is 4. The van der Waals surface area contributed by atoms with Gasteiger partial charge in [-0.3, -0.25) is 4.79 Å². The van der Waals surface area contributed by atoms with Crippen LogP contribution in [-0.4, -0.2) is 57.1 Å². The molecule has 1 saturated heterocycles. The molecule has 134 valence electrons. The van der Waals surface area contributed by atoms with E-state index in [2.05, 4.69) is 23.9 Å². The minimum absolute atomic E-state index is 0.121. The summed E-state index contributed by atoms with van der Waals surface area (Å²) in [5.74, 6) is 1.27. The van der Waals surface area contributed by atoms with E-state index in [0.717, 1.165) is 11.5 Å². The Morgan fingerprint density at radius 2 is 1.84 bits per heavy atom. The first-order chi connectivity index (χ1) is 12.1. The van der Waals surface area contributed by atoms with E-state index in [1.165, 1.54) is 11.8 Å². The Kier molecular flexibility index (Phi) is 5.75. The maximum atomic E-state index is 12.6. The molecule has 2 heterocycles. The Bertz CT molecular complexity index is 711. The van der Waals surface area contributed by atoms with E-state index < -0.39 is 0 Å². The zero-order valence-corrected chi connectivity index (χ0v) is 15.7. The maximum absolute atomic E-state index is 12.6. The van der Waals surface area contributed by atoms with Crippen LogP contribution in [0.3, 0.4) is 0 Å². The Hall–Kier alpha value is -1.86. The third kappa shape index (κ3) is 4.22. The summed E-state index contributed by atoms with van der Waals surface area (Å²) in [5.41, 5.74) is 0.984. The van der Waals surface area contributed by atoms with Crippen molar-refractivity contribution in [3.8, 4) is 5.69 Å². The van der Waals surface area contributed by atoms with Crippen LogP contribution >= 0.6 is 11.8 Å². The van der Waals surface area contributed by atoms with Crippen LogP contribution in [0.2, 0.25) is 0 Å². The van der Waals surface area contributed by atoms with Crippen molar-refractivity contribution in [2.75, 3.05) is 26.3 Å². The molecule has 7 heteroatoms. The fourth-order valence-electron chi connectivity index (χ4n) is 2.74. The van der Waals surface area contributed by atoms with Crippen molar-refractivity contribution in [3.05, 3.63) is 36.2 Å². The normalized spacial score (nSPS) is 16.2. The number of morpholine rings is 1. The smallest absolute Gasteiger partial charge is 0.236 e. The summed E-state index contributed by atoms with van der Waals surface area (Å²) in [6, 6.07) is 9.97. The molecule has 1 aliphatic heterocycles. The Balaban J connectivity index is 1.77. The second-order valence-electron chi connectivity index (χ2n) is 6.35. The van der Waals surface area contributed by atoms with Crippen molar-refractivity contribution < 1.29 is 9.53 Å². The molecule has 0 saturated carbocycles. The average Bonchev–Trinajstić information content (AvgIpc) is 3.06. The average molecular weight is 360 g/mol. The van der Waals surface area contributed by atoms with E-state index in [1.54, 1.807) is 0 Å². The number of thioether (sulfide) groups is 1. The van der Waals surface area contributed by atoms with Crippen molar-refractivity contribution in [2.45, 2.75) is 37.1 Å². The van der Waals surface area contributed by atoms with Gasteiger partial charge < -0.3 is 9.64 Å². The number of ether oxygens (including phenoxy) is 1. The number of hydrogen-bond donors (Lipinski definition) is 0. The third-order valence-electron chi connectivity index (χ3n) is 4.08. The Morgan fingerprint density at radius 3 is 2.48 bits per heavy atom. The van der Waals surface area contributed by atoms with E-state index in [-0.39, 0.29) is 17.1 Å². The van der Waals surface area contributed by atoms with Gasteiger partial charge in [-0.1, -0.05) is 43.8 Å². The van der Waals surface area contributed by atoms with E-state index in [9.17, 15) is 4.79 Å². The van der Waals surface area contributed by atoms with E-state index in [0.29, 0.717) is 31.5 Å².